The van der Waals surface area contributed by atoms with Crippen molar-refractivity contribution < 1.29 is 9.34 Å². The van der Waals surface area contributed by atoms with Gasteiger partial charge in [0.1, 0.15) is 0 Å². The highest BCUT2D eigenvalue weighted by Crippen LogP contribution is 2.24. The summed E-state index contributed by atoms with van der Waals surface area (Å²) in [6, 6.07) is 6.17. The lowest BCUT2D eigenvalue weighted by Crippen LogP contribution is -1.87. The fourth-order valence-corrected chi connectivity index (χ4v) is 1.31. The maximum Gasteiger partial charge on any atom is 0.269 e. The number of rotatable bonds is 2. The van der Waals surface area contributed by atoms with E-state index < -0.39 is 4.92 Å². The summed E-state index contributed by atoms with van der Waals surface area (Å²) in [5, 5.41) is 10.4. The molecule has 76 valence electrons. The van der Waals surface area contributed by atoms with Gasteiger partial charge in [-0.25, -0.2) is 4.98 Å². The molecule has 0 saturated carbocycles. The minimum atomic E-state index is -0.434. The predicted molar refractivity (Wildman–Crippen MR) is 53.3 cm³/mol. The van der Waals surface area contributed by atoms with Gasteiger partial charge in [0.25, 0.3) is 5.69 Å². The summed E-state index contributed by atoms with van der Waals surface area (Å²) in [7, 11) is 0. The molecule has 0 N–H and O–H groups in total. The van der Waals surface area contributed by atoms with Crippen LogP contribution in [0.3, 0.4) is 0 Å². The van der Waals surface area contributed by atoms with Crippen molar-refractivity contribution >= 4 is 5.69 Å². The van der Waals surface area contributed by atoms with E-state index in [1.54, 1.807) is 12.1 Å². The van der Waals surface area contributed by atoms with E-state index in [4.69, 9.17) is 4.42 Å². The molecule has 0 bridgehead atoms. The van der Waals surface area contributed by atoms with E-state index in [2.05, 4.69) is 4.98 Å². The molecule has 5 heteroatoms. The van der Waals surface area contributed by atoms with Crippen molar-refractivity contribution in [2.75, 3.05) is 0 Å². The van der Waals surface area contributed by atoms with Crippen molar-refractivity contribution in [2.24, 2.45) is 0 Å². The van der Waals surface area contributed by atoms with Gasteiger partial charge >= 0.3 is 0 Å². The van der Waals surface area contributed by atoms with Crippen LogP contribution >= 0.6 is 0 Å². The zero-order chi connectivity index (χ0) is 10.8. The molecule has 5 nitrogen and oxygen atoms in total. The van der Waals surface area contributed by atoms with Crippen molar-refractivity contribution in [1.82, 2.24) is 4.98 Å². The summed E-state index contributed by atoms with van der Waals surface area (Å²) in [6.07, 6.45) is 1.35. The molecule has 0 aliphatic carbocycles. The van der Waals surface area contributed by atoms with Gasteiger partial charge in [-0.1, -0.05) is 0 Å². The molecule has 15 heavy (non-hydrogen) atoms. The van der Waals surface area contributed by atoms with Crippen LogP contribution in [0.5, 0.6) is 0 Å². The first-order valence-corrected chi connectivity index (χ1v) is 4.33. The molecule has 0 amide bonds. The average molecular weight is 204 g/mol. The first-order chi connectivity index (χ1) is 7.18. The number of nitro benzene ring substituents is 1. The molecule has 1 aromatic carbocycles. The van der Waals surface area contributed by atoms with Crippen LogP contribution in [0.2, 0.25) is 0 Å². The molecular formula is C10H8N2O3. The Labute approximate surface area is 85.5 Å². The molecular weight excluding hydrogens is 196 g/mol. The van der Waals surface area contributed by atoms with Crippen LogP contribution in [0, 0.1) is 17.0 Å². The summed E-state index contributed by atoms with van der Waals surface area (Å²) < 4.78 is 5.17. The van der Waals surface area contributed by atoms with Crippen LogP contribution in [0.25, 0.3) is 11.3 Å². The fourth-order valence-electron chi connectivity index (χ4n) is 1.31. The Morgan fingerprint density at radius 1 is 1.33 bits per heavy atom. The van der Waals surface area contributed by atoms with Crippen molar-refractivity contribution in [3.8, 4) is 11.3 Å². The van der Waals surface area contributed by atoms with Gasteiger partial charge in [0.2, 0.25) is 0 Å². The van der Waals surface area contributed by atoms with Crippen LogP contribution in [0.1, 0.15) is 5.69 Å². The summed E-state index contributed by atoms with van der Waals surface area (Å²) in [6.45, 7) is 1.82. The average Bonchev–Trinajstić information content (AvgIpc) is 2.65. The number of aryl methyl sites for hydroxylation is 1. The number of hydrogen-bond acceptors (Lipinski definition) is 4. The van der Waals surface area contributed by atoms with Crippen molar-refractivity contribution in [3.63, 3.8) is 0 Å². The minimum Gasteiger partial charge on any atom is -0.443 e. The Hall–Kier alpha value is -2.17. The molecule has 0 unspecified atom stereocenters. The van der Waals surface area contributed by atoms with Crippen molar-refractivity contribution in [3.05, 3.63) is 46.5 Å². The van der Waals surface area contributed by atoms with E-state index in [0.717, 1.165) is 11.3 Å². The van der Waals surface area contributed by atoms with Crippen LogP contribution in [-0.4, -0.2) is 9.91 Å². The van der Waals surface area contributed by atoms with Gasteiger partial charge in [-0.05, 0) is 19.1 Å². The largest absolute Gasteiger partial charge is 0.443 e. The molecule has 0 aliphatic heterocycles. The second kappa shape index (κ2) is 3.53. The molecule has 0 aliphatic rings. The van der Waals surface area contributed by atoms with E-state index in [1.807, 2.05) is 6.92 Å². The quantitative estimate of drug-likeness (QED) is 0.556. The zero-order valence-corrected chi connectivity index (χ0v) is 8.01. The first-order valence-electron chi connectivity index (χ1n) is 4.33. The van der Waals surface area contributed by atoms with Crippen molar-refractivity contribution in [2.45, 2.75) is 6.92 Å². The molecule has 0 radical (unpaired) electrons. The van der Waals surface area contributed by atoms with Crippen LogP contribution < -0.4 is 0 Å². The molecule has 2 aromatic rings. The summed E-state index contributed by atoms with van der Waals surface area (Å²) in [5.74, 6) is 0.643. The van der Waals surface area contributed by atoms with E-state index in [9.17, 15) is 10.1 Å². The van der Waals surface area contributed by atoms with E-state index in [0.29, 0.717) is 5.76 Å². The Balaban J connectivity index is 2.40. The molecule has 0 saturated heterocycles. The number of hydrogen-bond donors (Lipinski definition) is 0. The summed E-state index contributed by atoms with van der Waals surface area (Å²) in [4.78, 5) is 14.0. The third kappa shape index (κ3) is 1.71. The summed E-state index contributed by atoms with van der Waals surface area (Å²) >= 11 is 0. The topological polar surface area (TPSA) is 69.2 Å². The monoisotopic (exact) mass is 204 g/mol. The molecule has 2 rings (SSSR count). The molecule has 0 spiro atoms. The fraction of sp³-hybridized carbons (Fsp3) is 0.100. The molecule has 0 atom stereocenters. The molecule has 1 heterocycles. The van der Waals surface area contributed by atoms with Gasteiger partial charge in [-0.2, -0.15) is 0 Å². The third-order valence-electron chi connectivity index (χ3n) is 2.09. The second-order valence-corrected chi connectivity index (χ2v) is 3.07. The van der Waals surface area contributed by atoms with Gasteiger partial charge in [0.15, 0.2) is 12.2 Å². The van der Waals surface area contributed by atoms with Crippen LogP contribution in [0.15, 0.2) is 35.1 Å². The van der Waals surface area contributed by atoms with Gasteiger partial charge in [0, 0.05) is 17.7 Å². The van der Waals surface area contributed by atoms with Crippen LogP contribution in [0.4, 0.5) is 5.69 Å². The third-order valence-corrected chi connectivity index (χ3v) is 2.09. The summed E-state index contributed by atoms with van der Waals surface area (Å²) in [5.41, 5.74) is 1.62. The maximum atomic E-state index is 10.4. The molecule has 0 fully saturated rings. The number of non-ortho nitro benzene ring substituents is 1. The highest BCUT2D eigenvalue weighted by molar-refractivity contribution is 5.61. The Morgan fingerprint density at radius 3 is 2.47 bits per heavy atom. The SMILES string of the molecule is Cc1ncoc1-c1ccc([N+](=O)[O-])cc1. The smallest absolute Gasteiger partial charge is 0.269 e. The lowest BCUT2D eigenvalue weighted by molar-refractivity contribution is -0.384. The zero-order valence-electron chi connectivity index (χ0n) is 8.01. The van der Waals surface area contributed by atoms with Crippen molar-refractivity contribution in [1.29, 1.82) is 0 Å². The lowest BCUT2D eigenvalue weighted by atomic mass is 10.1. The Kier molecular flexibility index (Phi) is 2.21. The number of benzene rings is 1. The normalized spacial score (nSPS) is 10.2. The Bertz CT molecular complexity index is 488. The van der Waals surface area contributed by atoms with E-state index >= 15 is 0 Å². The second-order valence-electron chi connectivity index (χ2n) is 3.07. The number of oxazole rings is 1. The van der Waals surface area contributed by atoms with Crippen LogP contribution in [-0.2, 0) is 0 Å². The number of nitro groups is 1. The highest BCUT2D eigenvalue weighted by Gasteiger charge is 2.09. The van der Waals surface area contributed by atoms with Gasteiger partial charge in [-0.3, -0.25) is 10.1 Å². The lowest BCUT2D eigenvalue weighted by Gasteiger charge is -1.96. The minimum absolute atomic E-state index is 0.0657. The van der Waals surface area contributed by atoms with Gasteiger partial charge in [-0.15, -0.1) is 0 Å². The van der Waals surface area contributed by atoms with Gasteiger partial charge < -0.3 is 4.42 Å². The maximum absolute atomic E-state index is 10.4. The standard InChI is InChI=1S/C10H8N2O3/c1-7-10(15-6-11-7)8-2-4-9(5-3-8)12(13)14/h2-6H,1H3. The predicted octanol–water partition coefficient (Wildman–Crippen LogP) is 2.56. The van der Waals surface area contributed by atoms with Gasteiger partial charge in [0.05, 0.1) is 10.6 Å². The Morgan fingerprint density at radius 2 is 2.00 bits per heavy atom. The number of nitrogens with zero attached hydrogens (tertiary/aromatic N) is 2. The highest BCUT2D eigenvalue weighted by atomic mass is 16.6. The molecule has 1 aromatic heterocycles. The van der Waals surface area contributed by atoms with E-state index in [-0.39, 0.29) is 5.69 Å². The van der Waals surface area contributed by atoms with E-state index in [1.165, 1.54) is 18.5 Å². The first kappa shape index (κ1) is 9.39. The number of aromatic nitrogens is 1.